The van der Waals surface area contributed by atoms with Crippen molar-refractivity contribution in [3.05, 3.63) is 82.9 Å². The summed E-state index contributed by atoms with van der Waals surface area (Å²) in [5, 5.41) is 10.8. The molecule has 44 heavy (non-hydrogen) atoms. The molecule has 0 radical (unpaired) electrons. The standard InChI is InChI=1S/C38H40N6/c39-37(42-33-23-21-27-19-17-25-9-7-15-31(33)35(25)27)43-44(34-24-22-28-20-18-26-10-8-16-32(34)36(26)28)38(40-29-11-3-1-4-12-29)41-30-13-5-2-6-14-30/h7-10,15-24,29-30H,1-6,11-14H2,(H,40,41)(H3,39,42,43). The van der Waals surface area contributed by atoms with E-state index in [9.17, 15) is 0 Å². The summed E-state index contributed by atoms with van der Waals surface area (Å²) in [6.07, 6.45) is 20.9. The molecule has 0 unspecified atom stereocenters. The maximum atomic E-state index is 6.83. The second-order valence-corrected chi connectivity index (χ2v) is 12.7. The molecular formula is C38H40N6. The maximum Gasteiger partial charge on any atom is 0.218 e. The molecule has 0 heterocycles. The molecule has 4 aliphatic rings. The Hall–Kier alpha value is -4.58. The third-order valence-electron chi connectivity index (χ3n) is 9.79. The van der Waals surface area contributed by atoms with Crippen LogP contribution in [0, 0.1) is 0 Å². The smallest absolute Gasteiger partial charge is 0.218 e. The van der Waals surface area contributed by atoms with E-state index < -0.39 is 0 Å². The summed E-state index contributed by atoms with van der Waals surface area (Å²) in [5.74, 6) is 1.18. The van der Waals surface area contributed by atoms with Crippen LogP contribution in [0.1, 0.15) is 86.5 Å². The van der Waals surface area contributed by atoms with Crippen LogP contribution in [0.5, 0.6) is 0 Å². The van der Waals surface area contributed by atoms with Crippen LogP contribution in [0.15, 0.2) is 70.6 Å². The van der Waals surface area contributed by atoms with Gasteiger partial charge in [0.05, 0.1) is 17.4 Å². The highest BCUT2D eigenvalue weighted by atomic mass is 15.6. The third-order valence-corrected chi connectivity index (χ3v) is 9.79. The lowest BCUT2D eigenvalue weighted by Gasteiger charge is -2.34. The molecule has 2 saturated carbocycles. The van der Waals surface area contributed by atoms with E-state index in [4.69, 9.17) is 15.7 Å². The zero-order chi connectivity index (χ0) is 29.5. The lowest BCUT2D eigenvalue weighted by atomic mass is 9.95. The van der Waals surface area contributed by atoms with Crippen molar-refractivity contribution in [1.82, 2.24) is 10.7 Å². The minimum Gasteiger partial charge on any atom is -0.368 e. The Morgan fingerprint density at radius 2 is 1.25 bits per heavy atom. The first-order valence-corrected chi connectivity index (χ1v) is 16.4. The molecule has 6 heteroatoms. The van der Waals surface area contributed by atoms with Gasteiger partial charge in [0.25, 0.3) is 0 Å². The van der Waals surface area contributed by atoms with Gasteiger partial charge in [0.1, 0.15) is 0 Å². The number of guanidine groups is 2. The van der Waals surface area contributed by atoms with Gasteiger partial charge in [-0.1, -0.05) is 111 Å². The Kier molecular flexibility index (Phi) is 7.05. The molecule has 4 aliphatic carbocycles. The normalized spacial score (nSPS) is 18.5. The number of aliphatic imine (C=N–C) groups is 2. The van der Waals surface area contributed by atoms with E-state index in [0.717, 1.165) is 48.4 Å². The van der Waals surface area contributed by atoms with Gasteiger partial charge in [0, 0.05) is 16.8 Å². The number of nitrogens with one attached hydrogen (secondary N) is 2. The molecule has 0 aliphatic heterocycles. The molecule has 0 amide bonds. The van der Waals surface area contributed by atoms with Crippen LogP contribution in [0.3, 0.4) is 0 Å². The van der Waals surface area contributed by atoms with E-state index in [1.807, 2.05) is 0 Å². The fraction of sp³-hybridized carbons (Fsp3) is 0.316. The summed E-state index contributed by atoms with van der Waals surface area (Å²) >= 11 is 0. The van der Waals surface area contributed by atoms with Crippen molar-refractivity contribution in [1.29, 1.82) is 0 Å². The Labute approximate surface area is 259 Å². The quantitative estimate of drug-likeness (QED) is 0.111. The zero-order valence-corrected chi connectivity index (χ0v) is 25.2. The summed E-state index contributed by atoms with van der Waals surface area (Å²) in [5.41, 5.74) is 17.2. The van der Waals surface area contributed by atoms with Gasteiger partial charge >= 0.3 is 0 Å². The molecule has 0 spiro atoms. The summed E-state index contributed by atoms with van der Waals surface area (Å²) < 4.78 is 0. The SMILES string of the molecule is NC(=Nc1ccc2c3c(cccc13)C=C2)NN(C(=NC1CCCCC1)NC1CCCCC1)c1ccc2c3c(cccc13)C=C2. The Balaban J connectivity index is 1.23. The fourth-order valence-corrected chi connectivity index (χ4v) is 7.57. The lowest BCUT2D eigenvalue weighted by Crippen LogP contribution is -2.56. The number of anilines is 1. The fourth-order valence-electron chi connectivity index (χ4n) is 7.57. The topological polar surface area (TPSA) is 78.0 Å². The number of nitrogens with zero attached hydrogens (tertiary/aromatic N) is 3. The van der Waals surface area contributed by atoms with Gasteiger partial charge in [-0.2, -0.15) is 0 Å². The first kappa shape index (κ1) is 27.0. The van der Waals surface area contributed by atoms with Gasteiger partial charge in [-0.3, -0.25) is 5.43 Å². The van der Waals surface area contributed by atoms with Crippen LogP contribution < -0.4 is 21.5 Å². The molecule has 0 atom stereocenters. The van der Waals surface area contributed by atoms with Crippen LogP contribution in [0.2, 0.25) is 0 Å². The first-order valence-electron chi connectivity index (χ1n) is 16.4. The van der Waals surface area contributed by atoms with Crippen molar-refractivity contribution in [2.75, 3.05) is 5.01 Å². The zero-order valence-electron chi connectivity index (χ0n) is 25.2. The molecule has 8 rings (SSSR count). The predicted molar refractivity (Wildman–Crippen MR) is 187 cm³/mol. The number of hydrogen-bond donors (Lipinski definition) is 3. The van der Waals surface area contributed by atoms with Gasteiger partial charge in [-0.05, 0) is 70.8 Å². The van der Waals surface area contributed by atoms with Crippen LogP contribution in [-0.2, 0) is 0 Å². The minimum absolute atomic E-state index is 0.291. The van der Waals surface area contributed by atoms with Crippen LogP contribution >= 0.6 is 0 Å². The average Bonchev–Trinajstić information content (AvgIpc) is 3.69. The van der Waals surface area contributed by atoms with Crippen LogP contribution in [-0.4, -0.2) is 24.0 Å². The number of hydrogen-bond acceptors (Lipinski definition) is 2. The Bertz CT molecular complexity index is 1830. The molecule has 4 aromatic rings. The van der Waals surface area contributed by atoms with E-state index in [0.29, 0.717) is 18.0 Å². The largest absolute Gasteiger partial charge is 0.368 e. The number of benzene rings is 4. The molecule has 0 saturated heterocycles. The van der Waals surface area contributed by atoms with E-state index in [1.165, 1.54) is 76.9 Å². The molecular weight excluding hydrogens is 540 g/mol. The molecule has 6 nitrogen and oxygen atoms in total. The predicted octanol–water partition coefficient (Wildman–Crippen LogP) is 8.53. The average molecular weight is 581 g/mol. The van der Waals surface area contributed by atoms with Crippen molar-refractivity contribution in [2.45, 2.75) is 76.3 Å². The van der Waals surface area contributed by atoms with Gasteiger partial charge in [-0.25, -0.2) is 15.0 Å². The Morgan fingerprint density at radius 1 is 0.659 bits per heavy atom. The van der Waals surface area contributed by atoms with Gasteiger partial charge in [-0.15, -0.1) is 0 Å². The van der Waals surface area contributed by atoms with Crippen LogP contribution in [0.25, 0.3) is 45.8 Å². The maximum absolute atomic E-state index is 6.83. The molecule has 0 aromatic heterocycles. The third kappa shape index (κ3) is 5.02. The molecule has 222 valence electrons. The van der Waals surface area contributed by atoms with Crippen molar-refractivity contribution in [2.24, 2.45) is 15.7 Å². The highest BCUT2D eigenvalue weighted by Gasteiger charge is 2.26. The lowest BCUT2D eigenvalue weighted by molar-refractivity contribution is 0.406. The second-order valence-electron chi connectivity index (χ2n) is 12.7. The highest BCUT2D eigenvalue weighted by molar-refractivity contribution is 6.14. The second kappa shape index (κ2) is 11.5. The van der Waals surface area contributed by atoms with E-state index >= 15 is 0 Å². The van der Waals surface area contributed by atoms with Crippen molar-refractivity contribution < 1.29 is 0 Å². The summed E-state index contributed by atoms with van der Waals surface area (Å²) in [6.45, 7) is 0. The number of hydrazine groups is 1. The number of nitrogens with two attached hydrogens (primary N) is 1. The van der Waals surface area contributed by atoms with E-state index in [2.05, 4.69) is 101 Å². The van der Waals surface area contributed by atoms with Crippen molar-refractivity contribution in [3.63, 3.8) is 0 Å². The van der Waals surface area contributed by atoms with E-state index in [-0.39, 0.29) is 0 Å². The first-order chi connectivity index (χ1) is 21.7. The monoisotopic (exact) mass is 580 g/mol. The van der Waals surface area contributed by atoms with Crippen molar-refractivity contribution >= 4 is 69.1 Å². The van der Waals surface area contributed by atoms with Gasteiger partial charge in [0.2, 0.25) is 11.9 Å². The molecule has 4 N–H and O–H groups in total. The summed E-state index contributed by atoms with van der Waals surface area (Å²) in [6, 6.07) is 22.2. The summed E-state index contributed by atoms with van der Waals surface area (Å²) in [7, 11) is 0. The van der Waals surface area contributed by atoms with Crippen LogP contribution in [0.4, 0.5) is 11.4 Å². The van der Waals surface area contributed by atoms with Gasteiger partial charge < -0.3 is 11.1 Å². The van der Waals surface area contributed by atoms with Gasteiger partial charge in [0.15, 0.2) is 0 Å². The highest BCUT2D eigenvalue weighted by Crippen LogP contribution is 2.38. The molecule has 0 bridgehead atoms. The summed E-state index contributed by atoms with van der Waals surface area (Å²) in [4.78, 5) is 10.4. The van der Waals surface area contributed by atoms with E-state index in [1.54, 1.807) is 0 Å². The Morgan fingerprint density at radius 3 is 1.95 bits per heavy atom. The number of rotatable bonds is 4. The van der Waals surface area contributed by atoms with Crippen molar-refractivity contribution in [3.8, 4) is 0 Å². The minimum atomic E-state index is 0.291. The molecule has 2 fully saturated rings. The molecule has 4 aromatic carbocycles.